The second kappa shape index (κ2) is 8.70. The first-order valence-corrected chi connectivity index (χ1v) is 12.9. The molecule has 5 nitrogen and oxygen atoms in total. The van der Waals surface area contributed by atoms with Crippen LogP contribution in [0.2, 0.25) is 0 Å². The van der Waals surface area contributed by atoms with Gasteiger partial charge in [-0.2, -0.15) is 0 Å². The highest BCUT2D eigenvalue weighted by molar-refractivity contribution is 5.66. The summed E-state index contributed by atoms with van der Waals surface area (Å²) in [5.74, 6) is 1.06. The fraction of sp³-hybridized carbons (Fsp3) is 0.889. The monoisotopic (exact) mass is 448 g/mol. The van der Waals surface area contributed by atoms with E-state index in [0.29, 0.717) is 18.8 Å². The van der Waals surface area contributed by atoms with E-state index in [4.69, 9.17) is 5.11 Å². The summed E-state index contributed by atoms with van der Waals surface area (Å²) in [6.07, 6.45) is 7.50. The van der Waals surface area contributed by atoms with Crippen LogP contribution in [0.3, 0.4) is 0 Å². The standard InChI is InChI=1S/C27H44O5/c1-5-6-16-11-18(28)12-17-13-22(29)25-20-9-8-19(15(2)7-10-24(31)32)27(20,4)23(30)14-21(25)26(16,17)3/h5,15-23,25,28-30H,1,6-14H2,2-4H3,(H,31,32)/t15-,16?,17+,18-,19-,20+,21+,22-,23+,25+,26+,27-/m1/s1. The molecule has 0 saturated heterocycles. The van der Waals surface area contributed by atoms with Crippen molar-refractivity contribution < 1.29 is 25.2 Å². The van der Waals surface area contributed by atoms with E-state index in [0.717, 1.165) is 38.5 Å². The summed E-state index contributed by atoms with van der Waals surface area (Å²) < 4.78 is 0. The van der Waals surface area contributed by atoms with Crippen LogP contribution < -0.4 is 0 Å². The highest BCUT2D eigenvalue weighted by Crippen LogP contribution is 2.69. The summed E-state index contributed by atoms with van der Waals surface area (Å²) in [6.45, 7) is 10.7. The minimum Gasteiger partial charge on any atom is -0.481 e. The third-order valence-corrected chi connectivity index (χ3v) is 11.1. The van der Waals surface area contributed by atoms with Crippen molar-refractivity contribution in [3.63, 3.8) is 0 Å². The molecule has 4 aliphatic carbocycles. The molecule has 0 aromatic rings. The zero-order valence-electron chi connectivity index (χ0n) is 20.1. The molecule has 12 atom stereocenters. The topological polar surface area (TPSA) is 98.0 Å². The molecule has 4 fully saturated rings. The van der Waals surface area contributed by atoms with Gasteiger partial charge in [0.2, 0.25) is 0 Å². The van der Waals surface area contributed by atoms with Gasteiger partial charge >= 0.3 is 5.97 Å². The van der Waals surface area contributed by atoms with Crippen molar-refractivity contribution in [1.82, 2.24) is 0 Å². The molecule has 4 aliphatic rings. The van der Waals surface area contributed by atoms with E-state index in [1.807, 2.05) is 6.08 Å². The number of hydrogen-bond donors (Lipinski definition) is 4. The van der Waals surface area contributed by atoms with Crippen LogP contribution in [-0.4, -0.2) is 44.7 Å². The number of rotatable bonds is 6. The Morgan fingerprint density at radius 3 is 2.44 bits per heavy atom. The van der Waals surface area contributed by atoms with E-state index >= 15 is 0 Å². The van der Waals surface area contributed by atoms with Crippen molar-refractivity contribution in [2.24, 2.45) is 52.3 Å². The number of carboxylic acids is 1. The van der Waals surface area contributed by atoms with Gasteiger partial charge in [0.05, 0.1) is 18.3 Å². The first-order valence-electron chi connectivity index (χ1n) is 12.9. The first-order chi connectivity index (χ1) is 15.0. The van der Waals surface area contributed by atoms with Gasteiger partial charge in [-0.15, -0.1) is 6.58 Å². The number of aliphatic hydroxyl groups excluding tert-OH is 3. The van der Waals surface area contributed by atoms with E-state index < -0.39 is 18.2 Å². The zero-order chi connectivity index (χ0) is 23.4. The van der Waals surface area contributed by atoms with Gasteiger partial charge in [0.15, 0.2) is 0 Å². The lowest BCUT2D eigenvalue weighted by molar-refractivity contribution is -0.221. The Balaban J connectivity index is 1.65. The Kier molecular flexibility index (Phi) is 6.59. The molecule has 0 spiro atoms. The fourth-order valence-corrected chi connectivity index (χ4v) is 9.49. The van der Waals surface area contributed by atoms with E-state index in [1.54, 1.807) is 0 Å². The van der Waals surface area contributed by atoms with Crippen LogP contribution in [0, 0.1) is 52.3 Å². The quantitative estimate of drug-likeness (QED) is 0.455. The van der Waals surface area contributed by atoms with Gasteiger partial charge in [-0.3, -0.25) is 4.79 Å². The second-order valence-electron chi connectivity index (χ2n) is 12.2. The molecular weight excluding hydrogens is 404 g/mol. The number of aliphatic hydroxyl groups is 3. The smallest absolute Gasteiger partial charge is 0.303 e. The molecule has 0 amide bonds. The number of fused-ring (bicyclic) bond motifs is 5. The maximum absolute atomic E-state index is 11.7. The normalized spacial score (nSPS) is 51.2. The molecule has 5 heteroatoms. The van der Waals surface area contributed by atoms with Gasteiger partial charge in [-0.05, 0) is 104 Å². The Bertz CT molecular complexity index is 723. The average Bonchev–Trinajstić information content (AvgIpc) is 3.07. The van der Waals surface area contributed by atoms with Crippen molar-refractivity contribution in [1.29, 1.82) is 0 Å². The van der Waals surface area contributed by atoms with Crippen LogP contribution in [0.25, 0.3) is 0 Å². The SMILES string of the molecule is C=CCC1C[C@@H](O)C[C@H]2C[C@@H](O)[C@@H]3[C@H](C[C@H](O)[C@]4(C)[C@@H]([C@H](C)CCC(=O)O)CC[C@@H]34)[C@@]12C. The highest BCUT2D eigenvalue weighted by atomic mass is 16.4. The first kappa shape index (κ1) is 24.2. The summed E-state index contributed by atoms with van der Waals surface area (Å²) in [5.41, 5.74) is -0.280. The molecule has 0 bridgehead atoms. The summed E-state index contributed by atoms with van der Waals surface area (Å²) >= 11 is 0. The van der Waals surface area contributed by atoms with Gasteiger partial charge in [-0.1, -0.05) is 26.8 Å². The third kappa shape index (κ3) is 3.58. The van der Waals surface area contributed by atoms with Crippen molar-refractivity contribution in [3.8, 4) is 0 Å². The maximum Gasteiger partial charge on any atom is 0.303 e. The summed E-state index contributed by atoms with van der Waals surface area (Å²) in [5, 5.41) is 42.8. The number of aliphatic carboxylic acids is 1. The molecule has 4 N–H and O–H groups in total. The average molecular weight is 449 g/mol. The molecule has 0 aromatic heterocycles. The third-order valence-electron chi connectivity index (χ3n) is 11.1. The van der Waals surface area contributed by atoms with Gasteiger partial charge in [0.25, 0.3) is 0 Å². The number of carboxylic acid groups (broad SMARTS) is 1. The Morgan fingerprint density at radius 2 is 1.78 bits per heavy atom. The van der Waals surface area contributed by atoms with Crippen LogP contribution in [-0.2, 0) is 4.79 Å². The molecule has 32 heavy (non-hydrogen) atoms. The highest BCUT2D eigenvalue weighted by Gasteiger charge is 2.67. The largest absolute Gasteiger partial charge is 0.481 e. The van der Waals surface area contributed by atoms with Gasteiger partial charge in [-0.25, -0.2) is 0 Å². The molecule has 0 aliphatic heterocycles. The molecule has 1 unspecified atom stereocenters. The van der Waals surface area contributed by atoms with Crippen molar-refractivity contribution >= 4 is 5.97 Å². The van der Waals surface area contributed by atoms with Gasteiger partial charge in [0.1, 0.15) is 0 Å². The van der Waals surface area contributed by atoms with Crippen molar-refractivity contribution in [3.05, 3.63) is 12.7 Å². The fourth-order valence-electron chi connectivity index (χ4n) is 9.49. The Hall–Kier alpha value is -0.910. The predicted molar refractivity (Wildman–Crippen MR) is 124 cm³/mol. The van der Waals surface area contributed by atoms with Gasteiger partial charge < -0.3 is 20.4 Å². The molecule has 4 rings (SSSR count). The minimum atomic E-state index is -0.754. The lowest BCUT2D eigenvalue weighted by Crippen LogP contribution is -2.64. The van der Waals surface area contributed by atoms with Crippen molar-refractivity contribution in [2.75, 3.05) is 0 Å². The van der Waals surface area contributed by atoms with Crippen LogP contribution in [0.1, 0.15) is 78.6 Å². The molecule has 0 aromatic carbocycles. The Labute approximate surface area is 193 Å². The number of hydrogen-bond acceptors (Lipinski definition) is 4. The molecule has 0 radical (unpaired) electrons. The lowest BCUT2D eigenvalue weighted by Gasteiger charge is -2.65. The number of carbonyl (C=O) groups is 1. The van der Waals surface area contributed by atoms with E-state index in [1.165, 1.54) is 0 Å². The van der Waals surface area contributed by atoms with E-state index in [-0.39, 0.29) is 58.9 Å². The maximum atomic E-state index is 11.7. The molecular formula is C27H44O5. The summed E-state index contributed by atoms with van der Waals surface area (Å²) in [6, 6.07) is 0. The Morgan fingerprint density at radius 1 is 1.06 bits per heavy atom. The van der Waals surface area contributed by atoms with E-state index in [2.05, 4.69) is 27.4 Å². The second-order valence-corrected chi connectivity index (χ2v) is 12.2. The minimum absolute atomic E-state index is 0.00730. The molecule has 0 heterocycles. The van der Waals surface area contributed by atoms with Gasteiger partial charge in [0, 0.05) is 6.42 Å². The summed E-state index contributed by atoms with van der Waals surface area (Å²) in [4.78, 5) is 11.1. The molecule has 4 saturated carbocycles. The van der Waals surface area contributed by atoms with Crippen LogP contribution in [0.15, 0.2) is 12.7 Å². The van der Waals surface area contributed by atoms with Crippen LogP contribution >= 0.6 is 0 Å². The number of allylic oxidation sites excluding steroid dienone is 1. The van der Waals surface area contributed by atoms with Crippen LogP contribution in [0.4, 0.5) is 0 Å². The predicted octanol–water partition coefficient (Wildman–Crippen LogP) is 4.25. The van der Waals surface area contributed by atoms with E-state index in [9.17, 15) is 20.1 Å². The molecule has 182 valence electrons. The lowest BCUT2D eigenvalue weighted by atomic mass is 9.40. The van der Waals surface area contributed by atoms with Crippen molar-refractivity contribution in [2.45, 2.75) is 96.9 Å². The summed E-state index contributed by atoms with van der Waals surface area (Å²) in [7, 11) is 0. The zero-order valence-corrected chi connectivity index (χ0v) is 20.1. The van der Waals surface area contributed by atoms with Crippen LogP contribution in [0.5, 0.6) is 0 Å².